The smallest absolute Gasteiger partial charge is 0.346 e. The van der Waals surface area contributed by atoms with E-state index in [-0.39, 0.29) is 22.9 Å². The molecule has 4 rings (SSSR count). The molecular formula is C16H10O5. The van der Waals surface area contributed by atoms with Gasteiger partial charge in [0, 0.05) is 0 Å². The second kappa shape index (κ2) is 5.20. The van der Waals surface area contributed by atoms with E-state index in [9.17, 15) is 14.4 Å². The largest absolute Gasteiger partial charge is 0.457 e. The van der Waals surface area contributed by atoms with Gasteiger partial charge in [-0.1, -0.05) is 30.3 Å². The summed E-state index contributed by atoms with van der Waals surface area (Å²) in [4.78, 5) is 35.3. The average Bonchev–Trinajstić information content (AvgIpc) is 2.72. The van der Waals surface area contributed by atoms with Crippen molar-refractivity contribution in [2.75, 3.05) is 0 Å². The van der Waals surface area contributed by atoms with Crippen LogP contribution in [0.4, 0.5) is 0 Å². The number of hydrogen-bond acceptors (Lipinski definition) is 5. The number of esters is 1. The zero-order valence-electron chi connectivity index (χ0n) is 10.9. The van der Waals surface area contributed by atoms with Crippen LogP contribution in [0.15, 0.2) is 62.5 Å². The summed E-state index contributed by atoms with van der Waals surface area (Å²) in [6, 6.07) is 13.3. The SMILES string of the molecule is O=C(OCc1ccccc1)c1cc2ccc1c(=O)oc2=O. The van der Waals surface area contributed by atoms with Crippen molar-refractivity contribution >= 4 is 16.7 Å². The molecule has 5 heteroatoms. The Bertz CT molecular complexity index is 896. The van der Waals surface area contributed by atoms with Gasteiger partial charge in [0.1, 0.15) is 6.61 Å². The molecular weight excluding hydrogens is 272 g/mol. The maximum Gasteiger partial charge on any atom is 0.346 e. The van der Waals surface area contributed by atoms with Crippen LogP contribution in [0.3, 0.4) is 0 Å². The number of hydrogen-bond donors (Lipinski definition) is 0. The lowest BCUT2D eigenvalue weighted by atomic mass is 10.1. The monoisotopic (exact) mass is 282 g/mol. The van der Waals surface area contributed by atoms with Crippen LogP contribution in [0.2, 0.25) is 0 Å². The van der Waals surface area contributed by atoms with Crippen LogP contribution in [-0.4, -0.2) is 5.97 Å². The molecule has 4 aromatic rings. The minimum atomic E-state index is -0.841. The van der Waals surface area contributed by atoms with Gasteiger partial charge in [-0.15, -0.1) is 0 Å². The first kappa shape index (κ1) is 13.1. The maximum atomic E-state index is 12.1. The van der Waals surface area contributed by atoms with Gasteiger partial charge in [0.2, 0.25) is 0 Å². The van der Waals surface area contributed by atoms with Gasteiger partial charge < -0.3 is 9.15 Å². The number of benzene rings is 2. The van der Waals surface area contributed by atoms with Crippen molar-refractivity contribution in [1.29, 1.82) is 0 Å². The highest BCUT2D eigenvalue weighted by Crippen LogP contribution is 2.13. The van der Waals surface area contributed by atoms with Crippen LogP contribution in [-0.2, 0) is 11.3 Å². The van der Waals surface area contributed by atoms with Gasteiger partial charge in [-0.3, -0.25) is 0 Å². The zero-order valence-corrected chi connectivity index (χ0v) is 10.9. The van der Waals surface area contributed by atoms with Gasteiger partial charge in [-0.25, -0.2) is 14.4 Å². The number of fused-ring (bicyclic) bond motifs is 4. The first-order chi connectivity index (χ1) is 10.1. The summed E-state index contributed by atoms with van der Waals surface area (Å²) in [5.74, 6) is -0.664. The third-order valence-corrected chi connectivity index (χ3v) is 3.09. The Morgan fingerprint density at radius 1 is 1.00 bits per heavy atom. The molecule has 2 aromatic carbocycles. The third kappa shape index (κ3) is 2.53. The lowest BCUT2D eigenvalue weighted by Gasteiger charge is -2.05. The fourth-order valence-corrected chi connectivity index (χ4v) is 2.02. The highest BCUT2D eigenvalue weighted by molar-refractivity contribution is 5.99. The van der Waals surface area contributed by atoms with E-state index in [2.05, 4.69) is 4.42 Å². The predicted octanol–water partition coefficient (Wildman–Crippen LogP) is 1.95. The molecule has 0 aliphatic rings. The van der Waals surface area contributed by atoms with Gasteiger partial charge in [-0.05, 0) is 23.8 Å². The molecule has 0 saturated heterocycles. The Kier molecular flexibility index (Phi) is 3.23. The molecule has 0 aliphatic carbocycles. The van der Waals surface area contributed by atoms with Crippen molar-refractivity contribution < 1.29 is 13.9 Å². The molecule has 5 nitrogen and oxygen atoms in total. The van der Waals surface area contributed by atoms with E-state index in [1.807, 2.05) is 30.3 Å². The Morgan fingerprint density at radius 2 is 1.76 bits per heavy atom. The molecule has 0 unspecified atom stereocenters. The van der Waals surface area contributed by atoms with Crippen molar-refractivity contribution in [1.82, 2.24) is 0 Å². The summed E-state index contributed by atoms with van der Waals surface area (Å²) in [5.41, 5.74) is -0.736. The molecule has 0 atom stereocenters. The average molecular weight is 282 g/mol. The molecule has 2 bridgehead atoms. The topological polar surface area (TPSA) is 73.6 Å². The molecule has 0 N–H and O–H groups in total. The Hall–Kier alpha value is -2.95. The first-order valence-corrected chi connectivity index (χ1v) is 6.27. The molecule has 2 aromatic heterocycles. The quantitative estimate of drug-likeness (QED) is 0.686. The predicted molar refractivity (Wildman–Crippen MR) is 75.5 cm³/mol. The third-order valence-electron chi connectivity index (χ3n) is 3.09. The molecule has 21 heavy (non-hydrogen) atoms. The van der Waals surface area contributed by atoms with E-state index in [1.54, 1.807) is 0 Å². The van der Waals surface area contributed by atoms with E-state index < -0.39 is 17.2 Å². The highest BCUT2D eigenvalue weighted by atomic mass is 16.5. The van der Waals surface area contributed by atoms with E-state index in [1.165, 1.54) is 18.2 Å². The highest BCUT2D eigenvalue weighted by Gasteiger charge is 2.16. The zero-order chi connectivity index (χ0) is 14.8. The second-order valence-corrected chi connectivity index (χ2v) is 4.50. The van der Waals surface area contributed by atoms with Crippen LogP contribution in [0.1, 0.15) is 15.9 Å². The van der Waals surface area contributed by atoms with E-state index in [0.717, 1.165) is 5.56 Å². The summed E-state index contributed by atoms with van der Waals surface area (Å²) in [7, 11) is 0. The van der Waals surface area contributed by atoms with Crippen molar-refractivity contribution in [2.24, 2.45) is 0 Å². The van der Waals surface area contributed by atoms with Crippen LogP contribution in [0, 0.1) is 0 Å². The van der Waals surface area contributed by atoms with Crippen molar-refractivity contribution in [2.45, 2.75) is 6.61 Å². The maximum absolute atomic E-state index is 12.1. The van der Waals surface area contributed by atoms with Crippen LogP contribution in [0.25, 0.3) is 10.8 Å². The number of rotatable bonds is 3. The van der Waals surface area contributed by atoms with Crippen LogP contribution < -0.4 is 11.3 Å². The number of ether oxygens (including phenoxy) is 1. The molecule has 0 fully saturated rings. The van der Waals surface area contributed by atoms with Crippen molar-refractivity contribution in [3.63, 3.8) is 0 Å². The number of carbonyl (C=O) groups is 1. The molecule has 2 heterocycles. The number of carbonyl (C=O) groups excluding carboxylic acids is 1. The fraction of sp³-hybridized carbons (Fsp3) is 0.0625. The fourth-order valence-electron chi connectivity index (χ4n) is 2.02. The summed E-state index contributed by atoms with van der Waals surface area (Å²) in [6.45, 7) is 0.0896. The minimum absolute atomic E-state index is 0.0302. The Labute approximate surface area is 118 Å². The normalized spacial score (nSPS) is 10.7. The molecule has 0 aliphatic heterocycles. The van der Waals surface area contributed by atoms with Gasteiger partial charge in [0.25, 0.3) is 0 Å². The standard InChI is InChI=1S/C16H10O5/c17-14-11-6-7-12(16(19)21-14)13(8-11)15(18)20-9-10-4-2-1-3-5-10/h1-8H,9H2. The van der Waals surface area contributed by atoms with Gasteiger partial charge in [0.15, 0.2) is 0 Å². The van der Waals surface area contributed by atoms with Crippen molar-refractivity contribution in [3.05, 3.63) is 80.5 Å². The summed E-state index contributed by atoms with van der Waals surface area (Å²) >= 11 is 0. The van der Waals surface area contributed by atoms with Gasteiger partial charge in [-0.2, -0.15) is 0 Å². The van der Waals surface area contributed by atoms with E-state index in [0.29, 0.717) is 0 Å². The first-order valence-electron chi connectivity index (χ1n) is 6.27. The Morgan fingerprint density at radius 3 is 2.52 bits per heavy atom. The van der Waals surface area contributed by atoms with Crippen LogP contribution in [0.5, 0.6) is 0 Å². The van der Waals surface area contributed by atoms with Crippen molar-refractivity contribution in [3.8, 4) is 0 Å². The molecule has 0 amide bonds. The van der Waals surface area contributed by atoms with Crippen LogP contribution >= 0.6 is 0 Å². The Balaban J connectivity index is 1.93. The van der Waals surface area contributed by atoms with E-state index in [4.69, 9.17) is 4.74 Å². The van der Waals surface area contributed by atoms with Gasteiger partial charge in [0.05, 0.1) is 16.3 Å². The lowest BCUT2D eigenvalue weighted by molar-refractivity contribution is 0.0475. The van der Waals surface area contributed by atoms with Gasteiger partial charge >= 0.3 is 17.2 Å². The molecule has 104 valence electrons. The summed E-state index contributed by atoms with van der Waals surface area (Å²) in [5, 5.41) is 0.180. The van der Waals surface area contributed by atoms with E-state index >= 15 is 0 Å². The lowest BCUT2D eigenvalue weighted by Crippen LogP contribution is -2.09. The molecule has 0 saturated carbocycles. The second-order valence-electron chi connectivity index (χ2n) is 4.50. The molecule has 0 radical (unpaired) electrons. The minimum Gasteiger partial charge on any atom is -0.457 e. The summed E-state index contributed by atoms with van der Waals surface area (Å²) < 4.78 is 9.73. The summed E-state index contributed by atoms with van der Waals surface area (Å²) in [6.07, 6.45) is 0. The molecule has 0 spiro atoms.